The maximum absolute atomic E-state index is 13.2. The molecule has 1 amide bonds. The molecule has 2 N–H and O–H groups in total. The molecule has 0 aliphatic carbocycles. The number of carbonyl (C=O) groups excluding carboxylic acids is 2. The molecule has 3 atom stereocenters. The molecular weight excluding hydrogens is 488 g/mol. The van der Waals surface area contributed by atoms with E-state index in [1.807, 2.05) is 6.07 Å². The molecule has 0 radical (unpaired) electrons. The summed E-state index contributed by atoms with van der Waals surface area (Å²) in [5.41, 5.74) is 7.52. The highest BCUT2D eigenvalue weighted by molar-refractivity contribution is 7.87. The number of esters is 1. The number of ether oxygens (including phenoxy) is 2. The fraction of sp³-hybridized carbons (Fsp3) is 0.565. The first-order valence-corrected chi connectivity index (χ1v) is 12.9. The van der Waals surface area contributed by atoms with Gasteiger partial charge in [0.25, 0.3) is 10.2 Å². The van der Waals surface area contributed by atoms with Gasteiger partial charge >= 0.3 is 12.1 Å². The van der Waals surface area contributed by atoms with Gasteiger partial charge in [-0.1, -0.05) is 41.5 Å². The first kappa shape index (κ1) is 29.1. The SMILES string of the molecule is C=CC[C@H]1CN(S(=O)(=O)N[C@H](C)CNC(=O)OC(C)(C)C)CC1(N=[N+]=[N-])C(=O)OCc1ccccc1. The molecule has 0 spiro atoms. The molecule has 1 aliphatic heterocycles. The minimum atomic E-state index is -4.12. The number of hydrogen-bond donors (Lipinski definition) is 2. The fourth-order valence-corrected chi connectivity index (χ4v) is 5.23. The Morgan fingerprint density at radius 3 is 2.61 bits per heavy atom. The average Bonchev–Trinajstić information content (AvgIpc) is 3.16. The monoisotopic (exact) mass is 522 g/mol. The van der Waals surface area contributed by atoms with Gasteiger partial charge in [0.05, 0.1) is 0 Å². The quantitative estimate of drug-likeness (QED) is 0.149. The summed E-state index contributed by atoms with van der Waals surface area (Å²) in [7, 11) is -4.12. The standard InChI is InChI=1S/C23H34N6O6S/c1-6-10-19-14-29(36(32,33)26-17(2)13-25-21(31)35-22(3,4)5)16-23(19,27-28-24)20(30)34-15-18-11-8-7-9-12-18/h6-9,11-12,17,19,26H,1,10,13-16H2,2-5H3,(H,25,31)/t17-,19+,23?/m1/s1. The Labute approximate surface area is 211 Å². The molecule has 1 saturated heterocycles. The summed E-state index contributed by atoms with van der Waals surface area (Å²) in [6, 6.07) is 8.26. The van der Waals surface area contributed by atoms with Crippen molar-refractivity contribution in [2.24, 2.45) is 11.0 Å². The lowest BCUT2D eigenvalue weighted by molar-refractivity contribution is -0.152. The van der Waals surface area contributed by atoms with Crippen LogP contribution in [-0.2, 0) is 31.1 Å². The molecule has 198 valence electrons. The molecule has 1 heterocycles. The number of rotatable bonds is 11. The zero-order chi connectivity index (χ0) is 27.0. The Kier molecular flexibility index (Phi) is 9.88. The van der Waals surface area contributed by atoms with E-state index in [0.717, 1.165) is 9.87 Å². The van der Waals surface area contributed by atoms with Gasteiger partial charge in [0, 0.05) is 30.6 Å². The lowest BCUT2D eigenvalue weighted by atomic mass is 9.85. The summed E-state index contributed by atoms with van der Waals surface area (Å²) in [6.45, 7) is 9.83. The molecule has 13 heteroatoms. The Morgan fingerprint density at radius 2 is 2.03 bits per heavy atom. The molecule has 2 rings (SSSR count). The van der Waals surface area contributed by atoms with Crippen molar-refractivity contribution in [3.8, 4) is 0 Å². The first-order valence-electron chi connectivity index (χ1n) is 11.5. The Bertz CT molecular complexity index is 1080. The van der Waals surface area contributed by atoms with E-state index in [1.54, 1.807) is 52.0 Å². The summed E-state index contributed by atoms with van der Waals surface area (Å²) >= 11 is 0. The highest BCUT2D eigenvalue weighted by Gasteiger charge is 2.55. The molecule has 1 aliphatic rings. The van der Waals surface area contributed by atoms with Crippen molar-refractivity contribution >= 4 is 22.3 Å². The largest absolute Gasteiger partial charge is 0.460 e. The number of benzene rings is 1. The van der Waals surface area contributed by atoms with Crippen LogP contribution < -0.4 is 10.0 Å². The van der Waals surface area contributed by atoms with E-state index >= 15 is 0 Å². The first-order chi connectivity index (χ1) is 16.8. The molecule has 12 nitrogen and oxygen atoms in total. The number of carbonyl (C=O) groups is 2. The van der Waals surface area contributed by atoms with Crippen LogP contribution in [0.2, 0.25) is 0 Å². The van der Waals surface area contributed by atoms with Gasteiger partial charge in [-0.2, -0.15) is 17.4 Å². The predicted molar refractivity (Wildman–Crippen MR) is 134 cm³/mol. The summed E-state index contributed by atoms with van der Waals surface area (Å²) < 4.78 is 40.4. The molecular formula is C23H34N6O6S. The van der Waals surface area contributed by atoms with Crippen molar-refractivity contribution in [1.82, 2.24) is 14.3 Å². The Balaban J connectivity index is 2.14. The van der Waals surface area contributed by atoms with Gasteiger partial charge < -0.3 is 14.8 Å². The number of azide groups is 1. The van der Waals surface area contributed by atoms with Crippen molar-refractivity contribution in [3.05, 3.63) is 59.0 Å². The van der Waals surface area contributed by atoms with Gasteiger partial charge in [0.15, 0.2) is 5.54 Å². The number of nitrogens with one attached hydrogen (secondary N) is 2. The Hall–Kier alpha value is -3.12. The van der Waals surface area contributed by atoms with Crippen molar-refractivity contribution in [1.29, 1.82) is 0 Å². The van der Waals surface area contributed by atoms with Gasteiger partial charge in [0.2, 0.25) is 0 Å². The van der Waals surface area contributed by atoms with E-state index in [1.165, 1.54) is 6.08 Å². The van der Waals surface area contributed by atoms with E-state index < -0.39 is 51.9 Å². The normalized spacial score (nSPS) is 21.2. The van der Waals surface area contributed by atoms with Crippen LogP contribution in [-0.4, -0.2) is 61.6 Å². The minimum absolute atomic E-state index is 0.0291. The van der Waals surface area contributed by atoms with Crippen molar-refractivity contribution in [2.45, 2.75) is 57.9 Å². The molecule has 36 heavy (non-hydrogen) atoms. The molecule has 0 bridgehead atoms. The molecule has 1 aromatic carbocycles. The van der Waals surface area contributed by atoms with Crippen molar-refractivity contribution in [3.63, 3.8) is 0 Å². The second-order valence-electron chi connectivity index (χ2n) is 9.60. The number of hydrogen-bond acceptors (Lipinski definition) is 7. The maximum atomic E-state index is 13.2. The smallest absolute Gasteiger partial charge is 0.407 e. The Morgan fingerprint density at radius 1 is 1.36 bits per heavy atom. The van der Waals surface area contributed by atoms with Crippen LogP contribution in [0.3, 0.4) is 0 Å². The van der Waals surface area contributed by atoms with Crippen LogP contribution >= 0.6 is 0 Å². The van der Waals surface area contributed by atoms with Gasteiger partial charge in [-0.15, -0.1) is 6.58 Å². The van der Waals surface area contributed by atoms with Crippen molar-refractivity contribution < 1.29 is 27.5 Å². The van der Waals surface area contributed by atoms with E-state index in [-0.39, 0.29) is 26.1 Å². The van der Waals surface area contributed by atoms with Crippen molar-refractivity contribution in [2.75, 3.05) is 19.6 Å². The third-order valence-corrected chi connectivity index (χ3v) is 7.06. The zero-order valence-electron chi connectivity index (χ0n) is 21.0. The van der Waals surface area contributed by atoms with Gasteiger partial charge in [-0.25, -0.2) is 4.79 Å². The van der Waals surface area contributed by atoms with E-state index in [2.05, 4.69) is 26.6 Å². The molecule has 1 aromatic rings. The number of nitrogens with zero attached hydrogens (tertiary/aromatic N) is 4. The third kappa shape index (κ3) is 7.95. The van der Waals surface area contributed by atoms with Crippen LogP contribution in [0.25, 0.3) is 10.4 Å². The molecule has 0 aromatic heterocycles. The fourth-order valence-electron chi connectivity index (χ4n) is 3.75. The van der Waals surface area contributed by atoms with Crippen LogP contribution in [0.4, 0.5) is 4.79 Å². The maximum Gasteiger partial charge on any atom is 0.407 e. The molecule has 0 saturated carbocycles. The van der Waals surface area contributed by atoms with Crippen LogP contribution in [0.1, 0.15) is 39.7 Å². The number of alkyl carbamates (subject to hydrolysis) is 1. The molecule has 1 fully saturated rings. The third-order valence-electron chi connectivity index (χ3n) is 5.40. The lowest BCUT2D eigenvalue weighted by Gasteiger charge is -2.27. The van der Waals surface area contributed by atoms with Gasteiger partial charge in [-0.3, -0.25) is 4.79 Å². The summed E-state index contributed by atoms with van der Waals surface area (Å²) in [5, 5.41) is 6.26. The average molecular weight is 523 g/mol. The minimum Gasteiger partial charge on any atom is -0.460 e. The topological polar surface area (TPSA) is 163 Å². The second-order valence-corrected chi connectivity index (χ2v) is 11.3. The van der Waals surface area contributed by atoms with E-state index in [4.69, 9.17) is 9.47 Å². The van der Waals surface area contributed by atoms with E-state index in [9.17, 15) is 23.5 Å². The summed E-state index contributed by atoms with van der Waals surface area (Å²) in [5.74, 6) is -1.49. The van der Waals surface area contributed by atoms with Crippen LogP contribution in [0.5, 0.6) is 0 Å². The zero-order valence-corrected chi connectivity index (χ0v) is 21.8. The molecule has 1 unspecified atom stereocenters. The lowest BCUT2D eigenvalue weighted by Crippen LogP contribution is -2.50. The number of amides is 1. The summed E-state index contributed by atoms with van der Waals surface area (Å²) in [4.78, 5) is 27.9. The predicted octanol–water partition coefficient (Wildman–Crippen LogP) is 3.03. The van der Waals surface area contributed by atoms with Crippen LogP contribution in [0, 0.1) is 5.92 Å². The summed E-state index contributed by atoms with van der Waals surface area (Å²) in [6.07, 6.45) is 1.08. The second kappa shape index (κ2) is 12.2. The van der Waals surface area contributed by atoms with E-state index in [0.29, 0.717) is 0 Å². The van der Waals surface area contributed by atoms with Gasteiger partial charge in [0.1, 0.15) is 12.2 Å². The number of allylic oxidation sites excluding steroid dienone is 1. The van der Waals surface area contributed by atoms with Crippen LogP contribution in [0.15, 0.2) is 48.1 Å². The van der Waals surface area contributed by atoms with Gasteiger partial charge in [-0.05, 0) is 51.1 Å². The highest BCUT2D eigenvalue weighted by Crippen LogP contribution is 2.37. The highest BCUT2D eigenvalue weighted by atomic mass is 32.2.